The van der Waals surface area contributed by atoms with E-state index in [2.05, 4.69) is 4.98 Å². The smallest absolute Gasteiger partial charge is 0.267 e. The SMILES string of the molecule is COC1(c2ccnc(C(N)=O)c2)[C@@H]2CCC[C@H]1CN(C(C=O)C(C)=O)C2.Cl. The molecule has 1 saturated heterocycles. The van der Waals surface area contributed by atoms with E-state index in [1.54, 1.807) is 19.4 Å². The van der Waals surface area contributed by atoms with Gasteiger partial charge in [-0.15, -0.1) is 12.4 Å². The molecule has 2 bridgehead atoms. The zero-order chi connectivity index (χ0) is 18.9. The van der Waals surface area contributed by atoms with E-state index < -0.39 is 17.6 Å². The number of primary amides is 1. The van der Waals surface area contributed by atoms with Crippen LogP contribution in [-0.4, -0.2) is 54.1 Å². The van der Waals surface area contributed by atoms with Gasteiger partial charge in [-0.3, -0.25) is 19.5 Å². The van der Waals surface area contributed by atoms with Crippen LogP contribution < -0.4 is 5.73 Å². The second-order valence-electron chi connectivity index (χ2n) is 7.26. The minimum atomic E-state index is -0.702. The molecule has 2 N–H and O–H groups in total. The molecule has 1 aliphatic carbocycles. The molecule has 2 fully saturated rings. The van der Waals surface area contributed by atoms with E-state index >= 15 is 0 Å². The van der Waals surface area contributed by atoms with Crippen LogP contribution in [0.4, 0.5) is 0 Å². The summed E-state index contributed by atoms with van der Waals surface area (Å²) in [7, 11) is 1.69. The highest BCUT2D eigenvalue weighted by Gasteiger charge is 2.54. The summed E-state index contributed by atoms with van der Waals surface area (Å²) in [4.78, 5) is 40.9. The van der Waals surface area contributed by atoms with Gasteiger partial charge in [0.2, 0.25) is 0 Å². The maximum absolute atomic E-state index is 11.9. The van der Waals surface area contributed by atoms with Crippen molar-refractivity contribution < 1.29 is 19.1 Å². The van der Waals surface area contributed by atoms with E-state index in [-0.39, 0.29) is 35.7 Å². The van der Waals surface area contributed by atoms with Gasteiger partial charge in [0.1, 0.15) is 23.6 Å². The monoisotopic (exact) mass is 395 g/mol. The highest BCUT2D eigenvalue weighted by molar-refractivity contribution is 5.95. The average Bonchev–Trinajstić information content (AvgIpc) is 2.61. The molecule has 3 rings (SSSR count). The normalized spacial score (nSPS) is 28.7. The van der Waals surface area contributed by atoms with Gasteiger partial charge < -0.3 is 15.3 Å². The van der Waals surface area contributed by atoms with E-state index in [1.165, 1.54) is 6.92 Å². The Morgan fingerprint density at radius 3 is 2.48 bits per heavy atom. The Labute approximate surface area is 165 Å². The van der Waals surface area contributed by atoms with Crippen molar-refractivity contribution >= 4 is 30.4 Å². The van der Waals surface area contributed by atoms with Gasteiger partial charge >= 0.3 is 0 Å². The molecule has 8 heteroatoms. The van der Waals surface area contributed by atoms with Crippen molar-refractivity contribution in [2.24, 2.45) is 17.6 Å². The van der Waals surface area contributed by atoms with Crippen molar-refractivity contribution in [3.05, 3.63) is 29.6 Å². The van der Waals surface area contributed by atoms with Crippen molar-refractivity contribution in [1.82, 2.24) is 9.88 Å². The molecule has 4 atom stereocenters. The number of hydrogen-bond donors (Lipinski definition) is 1. The van der Waals surface area contributed by atoms with E-state index in [0.29, 0.717) is 13.1 Å². The molecule has 2 heterocycles. The number of aromatic nitrogens is 1. The number of carbonyl (C=O) groups is 3. The van der Waals surface area contributed by atoms with Crippen molar-refractivity contribution in [3.63, 3.8) is 0 Å². The van der Waals surface area contributed by atoms with Gasteiger partial charge in [-0.25, -0.2) is 0 Å². The molecule has 1 aromatic rings. The summed E-state index contributed by atoms with van der Waals surface area (Å²) in [6.07, 6.45) is 5.25. The van der Waals surface area contributed by atoms with Crippen molar-refractivity contribution in [2.75, 3.05) is 20.2 Å². The summed E-state index contributed by atoms with van der Waals surface area (Å²) in [6, 6.07) is 2.89. The summed E-state index contributed by atoms with van der Waals surface area (Å²) >= 11 is 0. The predicted molar refractivity (Wildman–Crippen MR) is 102 cm³/mol. The van der Waals surface area contributed by atoms with Gasteiger partial charge in [-0.05, 0) is 37.5 Å². The number of amides is 1. The lowest BCUT2D eigenvalue weighted by Gasteiger charge is -2.56. The number of nitrogens with zero attached hydrogens (tertiary/aromatic N) is 2. The van der Waals surface area contributed by atoms with Crippen LogP contribution in [0.25, 0.3) is 0 Å². The lowest BCUT2D eigenvalue weighted by molar-refractivity contribution is -0.175. The third-order valence-electron chi connectivity index (χ3n) is 5.97. The van der Waals surface area contributed by atoms with Crippen LogP contribution in [-0.2, 0) is 19.9 Å². The molecule has 1 saturated carbocycles. The van der Waals surface area contributed by atoms with E-state index in [9.17, 15) is 14.4 Å². The number of aldehydes is 1. The number of nitrogens with two attached hydrogens (primary N) is 1. The molecular formula is C19H26ClN3O4. The van der Waals surface area contributed by atoms with E-state index in [4.69, 9.17) is 10.5 Å². The number of carbonyl (C=O) groups excluding carboxylic acids is 3. The first-order valence-corrected chi connectivity index (χ1v) is 8.95. The molecule has 0 radical (unpaired) electrons. The second kappa shape index (κ2) is 8.46. The standard InChI is InChI=1S/C19H25N3O4.ClH/c1-12(24)17(11-23)22-9-14-4-3-5-15(10-22)19(14,26-2)13-6-7-21-16(8-13)18(20)25;/h6-8,11,14-15,17H,3-5,9-10H2,1-2H3,(H2,20,25);1H/t14-,15+,17?,19?;. The second-order valence-corrected chi connectivity index (χ2v) is 7.26. The molecule has 1 amide bonds. The molecule has 2 unspecified atom stereocenters. The van der Waals surface area contributed by atoms with Gasteiger partial charge in [-0.1, -0.05) is 6.42 Å². The summed E-state index contributed by atoms with van der Waals surface area (Å²) < 4.78 is 6.11. The van der Waals surface area contributed by atoms with Gasteiger partial charge in [0.25, 0.3) is 5.91 Å². The van der Waals surface area contributed by atoms with E-state index in [0.717, 1.165) is 31.1 Å². The fraction of sp³-hybridized carbons (Fsp3) is 0.579. The Bertz CT molecular complexity index is 713. The minimum absolute atomic E-state index is 0. The third-order valence-corrected chi connectivity index (χ3v) is 5.97. The number of hydrogen-bond acceptors (Lipinski definition) is 6. The zero-order valence-corrected chi connectivity index (χ0v) is 16.4. The fourth-order valence-electron chi connectivity index (χ4n) is 4.86. The topological polar surface area (TPSA) is 103 Å². The summed E-state index contributed by atoms with van der Waals surface area (Å²) in [5.74, 6) is -0.476. The van der Waals surface area contributed by atoms with Crippen molar-refractivity contribution in [2.45, 2.75) is 37.8 Å². The van der Waals surface area contributed by atoms with Crippen LogP contribution >= 0.6 is 12.4 Å². The number of ketones is 1. The Balaban J connectivity index is 0.00000261. The van der Waals surface area contributed by atoms with Crippen LogP contribution in [0.5, 0.6) is 0 Å². The van der Waals surface area contributed by atoms with Crippen LogP contribution in [0.2, 0.25) is 0 Å². The Morgan fingerprint density at radius 2 is 2.00 bits per heavy atom. The Morgan fingerprint density at radius 1 is 1.37 bits per heavy atom. The van der Waals surface area contributed by atoms with E-state index in [1.807, 2.05) is 11.0 Å². The number of Topliss-reactive ketones (excluding diaryl/α,β-unsaturated/α-hetero) is 1. The molecule has 0 aromatic carbocycles. The summed E-state index contributed by atoms with van der Waals surface area (Å²) in [5.41, 5.74) is 5.94. The summed E-state index contributed by atoms with van der Waals surface area (Å²) in [6.45, 7) is 2.65. The molecule has 7 nitrogen and oxygen atoms in total. The van der Waals surface area contributed by atoms with Crippen LogP contribution in [0.15, 0.2) is 18.3 Å². The molecule has 148 valence electrons. The fourth-order valence-corrected chi connectivity index (χ4v) is 4.86. The largest absolute Gasteiger partial charge is 0.373 e. The molecule has 1 aliphatic heterocycles. The van der Waals surface area contributed by atoms with Gasteiger partial charge in [0.15, 0.2) is 5.78 Å². The Hall–Kier alpha value is -1.83. The lowest BCUT2D eigenvalue weighted by Crippen LogP contribution is -2.62. The average molecular weight is 396 g/mol. The maximum Gasteiger partial charge on any atom is 0.267 e. The molecule has 0 spiro atoms. The van der Waals surface area contributed by atoms with Crippen LogP contribution in [0.3, 0.4) is 0 Å². The predicted octanol–water partition coefficient (Wildman–Crippen LogP) is 1.33. The number of ether oxygens (including phenoxy) is 1. The highest BCUT2D eigenvalue weighted by atomic mass is 35.5. The number of piperidine rings is 1. The minimum Gasteiger partial charge on any atom is -0.373 e. The number of halogens is 1. The quantitative estimate of drug-likeness (QED) is 0.575. The van der Waals surface area contributed by atoms with Crippen molar-refractivity contribution in [1.29, 1.82) is 0 Å². The van der Waals surface area contributed by atoms with Crippen molar-refractivity contribution in [3.8, 4) is 0 Å². The van der Waals surface area contributed by atoms with Gasteiger partial charge in [-0.2, -0.15) is 0 Å². The van der Waals surface area contributed by atoms with Crippen LogP contribution in [0.1, 0.15) is 42.2 Å². The number of likely N-dealkylation sites (tertiary alicyclic amines) is 1. The van der Waals surface area contributed by atoms with Crippen LogP contribution in [0, 0.1) is 11.8 Å². The first kappa shape index (κ1) is 21.5. The first-order chi connectivity index (χ1) is 12.4. The zero-order valence-electron chi connectivity index (χ0n) is 15.6. The summed E-state index contributed by atoms with van der Waals surface area (Å²) in [5, 5.41) is 0. The first-order valence-electron chi connectivity index (χ1n) is 8.95. The Kier molecular flexibility index (Phi) is 6.72. The number of methoxy groups -OCH3 is 1. The number of fused-ring (bicyclic) bond motifs is 2. The highest BCUT2D eigenvalue weighted by Crippen LogP contribution is 2.51. The number of rotatable bonds is 6. The van der Waals surface area contributed by atoms with Gasteiger partial charge in [0, 0.05) is 38.2 Å². The molecule has 27 heavy (non-hydrogen) atoms. The molecule has 1 aromatic heterocycles. The van der Waals surface area contributed by atoms with Gasteiger partial charge in [0.05, 0.1) is 0 Å². The third kappa shape index (κ3) is 3.63. The lowest BCUT2D eigenvalue weighted by atomic mass is 9.62. The molecular weight excluding hydrogens is 370 g/mol. The number of pyridine rings is 1. The maximum atomic E-state index is 11.9. The molecule has 2 aliphatic rings.